The molecule has 0 bridgehead atoms. The third-order valence-electron chi connectivity index (χ3n) is 3.28. The van der Waals surface area contributed by atoms with Gasteiger partial charge in [-0.25, -0.2) is 0 Å². The highest BCUT2D eigenvalue weighted by molar-refractivity contribution is 9.10. The molecule has 3 heteroatoms. The predicted molar refractivity (Wildman–Crippen MR) is 70.1 cm³/mol. The van der Waals surface area contributed by atoms with Crippen molar-refractivity contribution in [3.05, 3.63) is 27.7 Å². The van der Waals surface area contributed by atoms with Crippen LogP contribution in [0, 0.1) is 0 Å². The number of phenolic OH excluding ortho intramolecular Hbond substituents is 1. The summed E-state index contributed by atoms with van der Waals surface area (Å²) in [5.41, 5.74) is 2.37. The lowest BCUT2D eigenvalue weighted by Crippen LogP contribution is -2.08. The second-order valence-electron chi connectivity index (χ2n) is 4.78. The summed E-state index contributed by atoms with van der Waals surface area (Å²) in [6.07, 6.45) is 1.11. The van der Waals surface area contributed by atoms with Gasteiger partial charge in [0.25, 0.3) is 0 Å². The topological polar surface area (TPSA) is 32.3 Å². The van der Waals surface area contributed by atoms with E-state index in [2.05, 4.69) is 41.2 Å². The van der Waals surface area contributed by atoms with Crippen LogP contribution in [0.2, 0.25) is 0 Å². The summed E-state index contributed by atoms with van der Waals surface area (Å²) in [4.78, 5) is 0. The lowest BCUT2D eigenvalue weighted by molar-refractivity contribution is 0.458. The quantitative estimate of drug-likeness (QED) is 0.873. The maximum atomic E-state index is 10.1. The molecule has 2 nitrogen and oxygen atoms in total. The molecular formula is C13H18BrNO. The first-order valence-electron chi connectivity index (χ1n) is 5.82. The van der Waals surface area contributed by atoms with Crippen molar-refractivity contribution in [1.82, 2.24) is 5.32 Å². The standard InChI is InChI=1S/C13H18BrNO/c1-8(2)10-5-11(9-3-4-15-7-9)13(16)12(14)6-10/h5-6,8-9,15-16H,3-4,7H2,1-2H3. The molecule has 1 aromatic carbocycles. The van der Waals surface area contributed by atoms with E-state index in [1.165, 1.54) is 5.56 Å². The molecule has 1 aliphatic heterocycles. The maximum absolute atomic E-state index is 10.1. The summed E-state index contributed by atoms with van der Waals surface area (Å²) in [6.45, 7) is 6.38. The van der Waals surface area contributed by atoms with Gasteiger partial charge < -0.3 is 10.4 Å². The third kappa shape index (κ3) is 2.25. The Kier molecular flexibility index (Phi) is 3.55. The second-order valence-corrected chi connectivity index (χ2v) is 5.64. The number of aromatic hydroxyl groups is 1. The second kappa shape index (κ2) is 4.76. The number of rotatable bonds is 2. The molecule has 1 aromatic rings. The fourth-order valence-electron chi connectivity index (χ4n) is 2.21. The van der Waals surface area contributed by atoms with E-state index in [1.54, 1.807) is 0 Å². The van der Waals surface area contributed by atoms with Crippen LogP contribution in [0.5, 0.6) is 5.75 Å². The van der Waals surface area contributed by atoms with E-state index in [9.17, 15) is 5.11 Å². The van der Waals surface area contributed by atoms with E-state index in [-0.39, 0.29) is 0 Å². The highest BCUT2D eigenvalue weighted by atomic mass is 79.9. The Hall–Kier alpha value is -0.540. The largest absolute Gasteiger partial charge is 0.506 e. The van der Waals surface area contributed by atoms with E-state index >= 15 is 0 Å². The summed E-state index contributed by atoms with van der Waals surface area (Å²) in [7, 11) is 0. The molecule has 2 rings (SSSR count). The Morgan fingerprint density at radius 2 is 2.19 bits per heavy atom. The number of hydrogen-bond acceptors (Lipinski definition) is 2. The van der Waals surface area contributed by atoms with Gasteiger partial charge in [0.15, 0.2) is 0 Å². The Balaban J connectivity index is 2.41. The summed E-state index contributed by atoms with van der Waals surface area (Å²) in [6, 6.07) is 4.17. The van der Waals surface area contributed by atoms with Crippen LogP contribution in [-0.4, -0.2) is 18.2 Å². The van der Waals surface area contributed by atoms with Crippen LogP contribution in [-0.2, 0) is 0 Å². The zero-order valence-corrected chi connectivity index (χ0v) is 11.3. The molecular weight excluding hydrogens is 266 g/mol. The molecule has 0 radical (unpaired) electrons. The van der Waals surface area contributed by atoms with Gasteiger partial charge in [0, 0.05) is 12.5 Å². The van der Waals surface area contributed by atoms with E-state index in [0.29, 0.717) is 17.6 Å². The minimum absolute atomic E-state index is 0.415. The summed E-state index contributed by atoms with van der Waals surface area (Å²) in [5.74, 6) is 1.36. The predicted octanol–water partition coefficient (Wildman–Crippen LogP) is 3.36. The van der Waals surface area contributed by atoms with Gasteiger partial charge in [-0.15, -0.1) is 0 Å². The summed E-state index contributed by atoms with van der Waals surface area (Å²) >= 11 is 3.44. The molecule has 1 unspecified atom stereocenters. The summed E-state index contributed by atoms with van der Waals surface area (Å²) in [5, 5.41) is 13.4. The number of halogens is 1. The molecule has 0 amide bonds. The van der Waals surface area contributed by atoms with Crippen molar-refractivity contribution in [2.45, 2.75) is 32.1 Å². The minimum atomic E-state index is 0.415. The molecule has 16 heavy (non-hydrogen) atoms. The minimum Gasteiger partial charge on any atom is -0.506 e. The number of benzene rings is 1. The fraction of sp³-hybridized carbons (Fsp3) is 0.538. The van der Waals surface area contributed by atoms with E-state index < -0.39 is 0 Å². The molecule has 1 saturated heterocycles. The van der Waals surface area contributed by atoms with E-state index in [0.717, 1.165) is 29.5 Å². The van der Waals surface area contributed by atoms with Crippen LogP contribution in [0.4, 0.5) is 0 Å². The van der Waals surface area contributed by atoms with Gasteiger partial charge in [-0.05, 0) is 52.0 Å². The highest BCUT2D eigenvalue weighted by Crippen LogP contribution is 2.38. The molecule has 1 aliphatic rings. The molecule has 2 N–H and O–H groups in total. The van der Waals surface area contributed by atoms with Gasteiger partial charge in [-0.1, -0.05) is 19.9 Å². The zero-order chi connectivity index (χ0) is 11.7. The van der Waals surface area contributed by atoms with Crippen molar-refractivity contribution in [2.24, 2.45) is 0 Å². The van der Waals surface area contributed by atoms with Crippen molar-refractivity contribution in [3.8, 4) is 5.75 Å². The van der Waals surface area contributed by atoms with Crippen LogP contribution in [0.15, 0.2) is 16.6 Å². The molecule has 0 aromatic heterocycles. The number of nitrogens with one attached hydrogen (secondary N) is 1. The molecule has 1 atom stereocenters. The summed E-state index contributed by atoms with van der Waals surface area (Å²) < 4.78 is 0.820. The van der Waals surface area contributed by atoms with Gasteiger partial charge in [-0.2, -0.15) is 0 Å². The van der Waals surface area contributed by atoms with Crippen molar-refractivity contribution < 1.29 is 5.11 Å². The molecule has 0 spiro atoms. The Labute approximate surface area is 105 Å². The average molecular weight is 284 g/mol. The highest BCUT2D eigenvalue weighted by Gasteiger charge is 2.22. The molecule has 0 aliphatic carbocycles. The fourth-order valence-corrected chi connectivity index (χ4v) is 2.70. The van der Waals surface area contributed by atoms with Gasteiger partial charge in [-0.3, -0.25) is 0 Å². The first kappa shape index (κ1) is 11.9. The Morgan fingerprint density at radius 1 is 1.44 bits per heavy atom. The average Bonchev–Trinajstić information content (AvgIpc) is 2.74. The molecule has 0 saturated carbocycles. The van der Waals surface area contributed by atoms with E-state index in [1.807, 2.05) is 6.07 Å². The lowest BCUT2D eigenvalue weighted by atomic mass is 9.92. The van der Waals surface area contributed by atoms with Crippen molar-refractivity contribution in [3.63, 3.8) is 0 Å². The Bertz CT molecular complexity index is 384. The zero-order valence-electron chi connectivity index (χ0n) is 9.76. The monoisotopic (exact) mass is 283 g/mol. The molecule has 88 valence electrons. The third-order valence-corrected chi connectivity index (χ3v) is 3.89. The number of hydrogen-bond donors (Lipinski definition) is 2. The van der Waals surface area contributed by atoms with E-state index in [4.69, 9.17) is 0 Å². The normalized spacial score (nSPS) is 20.6. The lowest BCUT2D eigenvalue weighted by Gasteiger charge is -2.16. The van der Waals surface area contributed by atoms with Crippen molar-refractivity contribution in [2.75, 3.05) is 13.1 Å². The van der Waals surface area contributed by atoms with Crippen LogP contribution in [0.1, 0.15) is 43.2 Å². The SMILES string of the molecule is CC(C)c1cc(Br)c(O)c(C2CCNC2)c1. The molecule has 1 heterocycles. The smallest absolute Gasteiger partial charge is 0.133 e. The first-order valence-corrected chi connectivity index (χ1v) is 6.62. The van der Waals surface area contributed by atoms with Crippen LogP contribution >= 0.6 is 15.9 Å². The van der Waals surface area contributed by atoms with Gasteiger partial charge in [0.1, 0.15) is 5.75 Å². The first-order chi connectivity index (χ1) is 7.59. The Morgan fingerprint density at radius 3 is 2.75 bits per heavy atom. The van der Waals surface area contributed by atoms with Crippen molar-refractivity contribution in [1.29, 1.82) is 0 Å². The van der Waals surface area contributed by atoms with Gasteiger partial charge in [0.2, 0.25) is 0 Å². The van der Waals surface area contributed by atoms with Gasteiger partial charge in [0.05, 0.1) is 4.47 Å². The van der Waals surface area contributed by atoms with Crippen LogP contribution < -0.4 is 5.32 Å². The molecule has 1 fully saturated rings. The maximum Gasteiger partial charge on any atom is 0.133 e. The van der Waals surface area contributed by atoms with Crippen LogP contribution in [0.25, 0.3) is 0 Å². The number of phenols is 1. The van der Waals surface area contributed by atoms with Crippen LogP contribution in [0.3, 0.4) is 0 Å². The van der Waals surface area contributed by atoms with Gasteiger partial charge >= 0.3 is 0 Å². The van der Waals surface area contributed by atoms with Crippen molar-refractivity contribution >= 4 is 15.9 Å².